The number of benzene rings is 2. The second kappa shape index (κ2) is 28.3. The van der Waals surface area contributed by atoms with Gasteiger partial charge >= 0.3 is 5.97 Å². The van der Waals surface area contributed by atoms with Gasteiger partial charge in [0.25, 0.3) is 5.91 Å². The molecule has 0 aromatic heterocycles. The summed E-state index contributed by atoms with van der Waals surface area (Å²) in [5.74, 6) is -3.62. The summed E-state index contributed by atoms with van der Waals surface area (Å²) < 4.78 is 10.7. The largest absolute Gasteiger partial charge is 0.491 e. The third-order valence-electron chi connectivity index (χ3n) is 9.75. The SMILES string of the molecule is C1CCCCC1.CCCC(NC(=O)C1CCCN1C(=O)[C@H](C)NC=O)C(=O)C(=O)NCC(=O)NC(C(=O)OC(C)(C)C)c1ccccc1.CCCc1cccc(OCCO)c1. The molecular formula is C46H69N5O10. The summed E-state index contributed by atoms with van der Waals surface area (Å²) in [5.41, 5.74) is 0.962. The molecule has 5 N–H and O–H groups in total. The first-order valence-corrected chi connectivity index (χ1v) is 21.7. The summed E-state index contributed by atoms with van der Waals surface area (Å²) in [6, 6.07) is 12.5. The highest BCUT2D eigenvalue weighted by atomic mass is 16.6. The average molecular weight is 852 g/mol. The Morgan fingerprint density at radius 2 is 1.54 bits per heavy atom. The molecule has 1 saturated heterocycles. The predicted octanol–water partition coefficient (Wildman–Crippen LogP) is 4.63. The number of rotatable bonds is 19. The lowest BCUT2D eigenvalue weighted by Crippen LogP contribution is -2.55. The minimum atomic E-state index is -1.17. The van der Waals surface area contributed by atoms with Crippen LogP contribution in [0.2, 0.25) is 0 Å². The summed E-state index contributed by atoms with van der Waals surface area (Å²) in [6.07, 6.45) is 13.2. The Kier molecular flexibility index (Phi) is 24.0. The van der Waals surface area contributed by atoms with Gasteiger partial charge in [-0.15, -0.1) is 0 Å². The topological polar surface area (TPSA) is 210 Å². The molecule has 15 heteroatoms. The molecule has 0 bridgehead atoms. The number of hydrogen-bond acceptors (Lipinski definition) is 10. The lowest BCUT2D eigenvalue weighted by Gasteiger charge is -2.28. The second-order valence-electron chi connectivity index (χ2n) is 16.1. The van der Waals surface area contributed by atoms with Crippen molar-refractivity contribution < 1.29 is 48.1 Å². The fraction of sp³-hybridized carbons (Fsp3) is 0.587. The Bertz CT molecular complexity index is 1670. The molecule has 4 rings (SSSR count). The van der Waals surface area contributed by atoms with Gasteiger partial charge in [0.1, 0.15) is 30.0 Å². The molecular weight excluding hydrogens is 783 g/mol. The molecule has 2 aliphatic rings. The average Bonchev–Trinajstić information content (AvgIpc) is 3.75. The molecule has 3 unspecified atom stereocenters. The molecule has 1 saturated carbocycles. The van der Waals surface area contributed by atoms with Crippen LogP contribution < -0.4 is 26.0 Å². The number of nitrogens with zero attached hydrogens (tertiary/aromatic N) is 1. The number of amides is 5. The van der Waals surface area contributed by atoms with Gasteiger partial charge in [-0.25, -0.2) is 4.79 Å². The van der Waals surface area contributed by atoms with E-state index in [1.807, 2.05) is 18.2 Å². The molecule has 2 aromatic carbocycles. The number of aliphatic hydroxyl groups is 1. The Hall–Kier alpha value is -5.31. The number of aryl methyl sites for hydroxylation is 1. The third-order valence-corrected chi connectivity index (χ3v) is 9.75. The summed E-state index contributed by atoms with van der Waals surface area (Å²) >= 11 is 0. The fourth-order valence-electron chi connectivity index (χ4n) is 6.76. The van der Waals surface area contributed by atoms with Crippen molar-refractivity contribution in [2.75, 3.05) is 26.3 Å². The number of nitrogens with one attached hydrogen (secondary N) is 4. The zero-order chi connectivity index (χ0) is 45.2. The van der Waals surface area contributed by atoms with Crippen LogP contribution in [0.15, 0.2) is 54.6 Å². The molecule has 338 valence electrons. The van der Waals surface area contributed by atoms with Gasteiger partial charge in [0.05, 0.1) is 19.2 Å². The Balaban J connectivity index is 0.000000546. The van der Waals surface area contributed by atoms with Gasteiger partial charge in [0.15, 0.2) is 6.04 Å². The first-order valence-electron chi connectivity index (χ1n) is 21.7. The monoisotopic (exact) mass is 852 g/mol. The van der Waals surface area contributed by atoms with Crippen molar-refractivity contribution in [1.82, 2.24) is 26.2 Å². The standard InChI is InChI=1S/C29H41N5O8.C11H16O2.C6H12/c1-6-11-20(32-25(38)21-14-10-15-34(21)27(40)18(2)31-17-35)24(37)26(39)30-16-22(36)33-23(19-12-8-7-9-13-19)28(41)42-29(3,4)5;1-2-4-10-5-3-6-11(9-10)13-8-7-12;1-2-4-6-5-3-1/h7-9,12-13,17-18,20-21,23H,6,10-11,14-16H2,1-5H3,(H,30,39)(H,31,35)(H,32,38)(H,33,36);3,5-6,9,12H,2,4,7-8H2,1H3;1-6H2/t18-,20?,21?,23?;;/m0../s1. The zero-order valence-corrected chi connectivity index (χ0v) is 37.0. The van der Waals surface area contributed by atoms with Crippen LogP contribution in [-0.2, 0) is 44.7 Å². The molecule has 1 aliphatic heterocycles. The molecule has 1 aliphatic carbocycles. The van der Waals surface area contributed by atoms with E-state index in [1.54, 1.807) is 58.0 Å². The van der Waals surface area contributed by atoms with Crippen LogP contribution in [0.4, 0.5) is 0 Å². The number of carbonyl (C=O) groups is 7. The lowest BCUT2D eigenvalue weighted by molar-refractivity contribution is -0.158. The molecule has 0 radical (unpaired) electrons. The maximum absolute atomic E-state index is 13.1. The first kappa shape index (κ1) is 51.8. The highest BCUT2D eigenvalue weighted by molar-refractivity contribution is 6.38. The van der Waals surface area contributed by atoms with Crippen LogP contribution in [0.1, 0.15) is 129 Å². The highest BCUT2D eigenvalue weighted by Crippen LogP contribution is 2.21. The second-order valence-corrected chi connectivity index (χ2v) is 16.1. The van der Waals surface area contributed by atoms with Crippen molar-refractivity contribution in [1.29, 1.82) is 0 Å². The van der Waals surface area contributed by atoms with Crippen molar-refractivity contribution in [2.24, 2.45) is 0 Å². The number of aliphatic hydroxyl groups excluding tert-OH is 1. The summed E-state index contributed by atoms with van der Waals surface area (Å²) in [7, 11) is 0. The van der Waals surface area contributed by atoms with Gasteiger partial charge in [0.2, 0.25) is 29.9 Å². The van der Waals surface area contributed by atoms with Crippen LogP contribution in [0.25, 0.3) is 0 Å². The van der Waals surface area contributed by atoms with Gasteiger partial charge in [-0.1, -0.05) is 108 Å². The van der Waals surface area contributed by atoms with Gasteiger partial charge in [-0.3, -0.25) is 28.8 Å². The van der Waals surface area contributed by atoms with Gasteiger partial charge in [-0.2, -0.15) is 0 Å². The summed E-state index contributed by atoms with van der Waals surface area (Å²) in [4.78, 5) is 88.9. The van der Waals surface area contributed by atoms with Crippen LogP contribution in [0, 0.1) is 0 Å². The number of carbonyl (C=O) groups excluding carboxylic acids is 7. The molecule has 15 nitrogen and oxygen atoms in total. The maximum atomic E-state index is 13.1. The molecule has 5 amide bonds. The number of ketones is 1. The first-order chi connectivity index (χ1) is 29.1. The molecule has 2 fully saturated rings. The van der Waals surface area contributed by atoms with E-state index in [-0.39, 0.29) is 13.0 Å². The minimum Gasteiger partial charge on any atom is -0.491 e. The normalized spacial score (nSPS) is 16.0. The van der Waals surface area contributed by atoms with Crippen molar-refractivity contribution in [2.45, 2.75) is 148 Å². The fourth-order valence-corrected chi connectivity index (χ4v) is 6.76. The van der Waals surface area contributed by atoms with E-state index in [4.69, 9.17) is 14.6 Å². The van der Waals surface area contributed by atoms with E-state index in [2.05, 4.69) is 34.3 Å². The predicted molar refractivity (Wildman–Crippen MR) is 232 cm³/mol. The van der Waals surface area contributed by atoms with E-state index in [1.165, 1.54) is 55.9 Å². The van der Waals surface area contributed by atoms with Crippen molar-refractivity contribution >= 4 is 41.8 Å². The molecule has 0 spiro atoms. The summed E-state index contributed by atoms with van der Waals surface area (Å²) in [6.45, 7) is 10.7. The lowest BCUT2D eigenvalue weighted by atomic mass is 10.0. The number of Topliss-reactive ketones (excluding diaryl/α,β-unsaturated/α-hetero) is 1. The van der Waals surface area contributed by atoms with Crippen LogP contribution in [-0.4, -0.2) is 102 Å². The smallest absolute Gasteiger partial charge is 0.333 e. The van der Waals surface area contributed by atoms with E-state index >= 15 is 0 Å². The number of hydrogen-bond donors (Lipinski definition) is 5. The Morgan fingerprint density at radius 1 is 0.885 bits per heavy atom. The minimum absolute atomic E-state index is 0.0675. The molecule has 61 heavy (non-hydrogen) atoms. The molecule has 4 atom stereocenters. The maximum Gasteiger partial charge on any atom is 0.333 e. The van der Waals surface area contributed by atoms with Crippen LogP contribution in [0.3, 0.4) is 0 Å². The quantitative estimate of drug-likeness (QED) is 0.0752. The van der Waals surface area contributed by atoms with E-state index < -0.39 is 71.7 Å². The number of likely N-dealkylation sites (tertiary alicyclic amines) is 1. The van der Waals surface area contributed by atoms with Crippen molar-refractivity contribution in [3.8, 4) is 5.75 Å². The number of ether oxygens (including phenoxy) is 2. The highest BCUT2D eigenvalue weighted by Gasteiger charge is 2.38. The summed E-state index contributed by atoms with van der Waals surface area (Å²) in [5, 5.41) is 18.3. The van der Waals surface area contributed by atoms with Gasteiger partial charge < -0.3 is 40.7 Å². The van der Waals surface area contributed by atoms with Crippen molar-refractivity contribution in [3.63, 3.8) is 0 Å². The van der Waals surface area contributed by atoms with E-state index in [9.17, 15) is 33.6 Å². The molecule has 1 heterocycles. The van der Waals surface area contributed by atoms with Crippen LogP contribution >= 0.6 is 0 Å². The number of esters is 1. The molecule has 2 aromatic rings. The van der Waals surface area contributed by atoms with E-state index in [0.717, 1.165) is 18.6 Å². The van der Waals surface area contributed by atoms with Crippen molar-refractivity contribution in [3.05, 3.63) is 65.7 Å². The van der Waals surface area contributed by atoms with E-state index in [0.29, 0.717) is 44.4 Å². The van der Waals surface area contributed by atoms with Crippen LogP contribution in [0.5, 0.6) is 5.75 Å². The third kappa shape index (κ3) is 19.7. The van der Waals surface area contributed by atoms with Gasteiger partial charge in [0, 0.05) is 6.54 Å². The van der Waals surface area contributed by atoms with Gasteiger partial charge in [-0.05, 0) is 76.6 Å². The Labute approximate surface area is 361 Å². The Morgan fingerprint density at radius 3 is 2.11 bits per heavy atom. The zero-order valence-electron chi connectivity index (χ0n) is 37.0.